The zero-order chi connectivity index (χ0) is 32.5. The first-order valence-corrected chi connectivity index (χ1v) is 16.8. The number of cyclic esters (lactones) is 1. The summed E-state index contributed by atoms with van der Waals surface area (Å²) < 4.78 is 13.4. The summed E-state index contributed by atoms with van der Waals surface area (Å²) in [5.74, 6) is -3.79. The Bertz CT molecular complexity index is 1350. The Balaban J connectivity index is 1.63. The lowest BCUT2D eigenvalue weighted by Gasteiger charge is -2.40. The summed E-state index contributed by atoms with van der Waals surface area (Å²) in [6.45, 7) is 8.03. The standard InChI is InChI=1S/C34H44BrN3O7/c1-5-6-16-37-17-12-8-11-15-25(40)36-21(4)28(22-13-9-7-10-14-22)44-33(43)26-27-31(41)38(24(19-39)20(2)3)30(32(37)42)34(27)18-23(35)29(26)45-34/h7-10,12-14,18,20-21,24,26-30,39H,5-6,11,15-17,19H2,1-4H3,(H,36,40)/b12-8-/t21-,24+,26+,27-,28+,29+,30+,34-/m1/s1. The van der Waals surface area contributed by atoms with Crippen LogP contribution in [0.1, 0.15) is 65.0 Å². The maximum Gasteiger partial charge on any atom is 0.313 e. The van der Waals surface area contributed by atoms with E-state index in [0.717, 1.165) is 12.8 Å². The van der Waals surface area contributed by atoms with Gasteiger partial charge in [-0.05, 0) is 37.3 Å². The smallest absolute Gasteiger partial charge is 0.313 e. The van der Waals surface area contributed by atoms with Crippen molar-refractivity contribution in [3.05, 3.63) is 58.6 Å². The molecular weight excluding hydrogens is 642 g/mol. The number of carbonyl (C=O) groups is 4. The van der Waals surface area contributed by atoms with E-state index in [1.54, 1.807) is 17.9 Å². The van der Waals surface area contributed by atoms with Crippen LogP contribution in [-0.4, -0.2) is 88.1 Å². The van der Waals surface area contributed by atoms with Crippen LogP contribution in [0.3, 0.4) is 0 Å². The third kappa shape index (κ3) is 6.11. The first-order valence-electron chi connectivity index (χ1n) is 16.0. The Labute approximate surface area is 273 Å². The Kier molecular flexibility index (Phi) is 10.2. The highest BCUT2D eigenvalue weighted by Gasteiger charge is 2.75. The van der Waals surface area contributed by atoms with Gasteiger partial charge in [0.1, 0.15) is 29.8 Å². The van der Waals surface area contributed by atoms with Crippen LogP contribution in [0.5, 0.6) is 0 Å². The van der Waals surface area contributed by atoms with Gasteiger partial charge in [-0.1, -0.05) is 85.6 Å². The summed E-state index contributed by atoms with van der Waals surface area (Å²) in [5.41, 5.74) is -0.725. The van der Waals surface area contributed by atoms with E-state index >= 15 is 0 Å². The summed E-state index contributed by atoms with van der Waals surface area (Å²) in [6.07, 6.45) is 6.21. The summed E-state index contributed by atoms with van der Waals surface area (Å²) in [6, 6.07) is 6.86. The third-order valence-corrected chi connectivity index (χ3v) is 10.2. The lowest BCUT2D eigenvalue weighted by Crippen LogP contribution is -2.59. The number of aliphatic hydroxyl groups is 1. The van der Waals surface area contributed by atoms with Crippen LogP contribution in [0.25, 0.3) is 0 Å². The number of esters is 1. The lowest BCUT2D eigenvalue weighted by molar-refractivity contribution is -0.162. The quantitative estimate of drug-likeness (QED) is 0.332. The van der Waals surface area contributed by atoms with Crippen LogP contribution in [0.2, 0.25) is 0 Å². The van der Waals surface area contributed by atoms with Crippen molar-refractivity contribution < 1.29 is 33.8 Å². The number of rotatable bonds is 7. The second-order valence-corrected chi connectivity index (χ2v) is 13.8. The molecule has 2 N–H and O–H groups in total. The molecule has 4 heterocycles. The molecule has 0 aromatic heterocycles. The van der Waals surface area contributed by atoms with Crippen molar-refractivity contribution in [3.63, 3.8) is 0 Å². The molecule has 244 valence electrons. The minimum absolute atomic E-state index is 0.173. The molecule has 0 aliphatic carbocycles. The summed E-state index contributed by atoms with van der Waals surface area (Å²) in [5, 5.41) is 13.5. The molecular formula is C34H44BrN3O7. The van der Waals surface area contributed by atoms with E-state index in [0.29, 0.717) is 23.0 Å². The largest absolute Gasteiger partial charge is 0.455 e. The van der Waals surface area contributed by atoms with Gasteiger partial charge in [-0.2, -0.15) is 0 Å². The van der Waals surface area contributed by atoms with Gasteiger partial charge in [-0.3, -0.25) is 19.2 Å². The molecule has 4 aliphatic heterocycles. The fourth-order valence-corrected chi connectivity index (χ4v) is 7.97. The van der Waals surface area contributed by atoms with Crippen molar-refractivity contribution in [1.29, 1.82) is 0 Å². The number of halogens is 1. The van der Waals surface area contributed by atoms with Gasteiger partial charge in [-0.15, -0.1) is 0 Å². The number of unbranched alkanes of at least 4 members (excludes halogenated alkanes) is 1. The predicted octanol–water partition coefficient (Wildman–Crippen LogP) is 3.64. The molecule has 0 saturated carbocycles. The van der Waals surface area contributed by atoms with Crippen molar-refractivity contribution in [2.75, 3.05) is 19.7 Å². The van der Waals surface area contributed by atoms with Crippen molar-refractivity contribution in [2.45, 2.75) is 89.3 Å². The van der Waals surface area contributed by atoms with Crippen LogP contribution in [-0.2, 0) is 28.7 Å². The fraction of sp³-hybridized carbons (Fsp3) is 0.588. The van der Waals surface area contributed by atoms with Crippen LogP contribution in [0, 0.1) is 17.8 Å². The van der Waals surface area contributed by atoms with Crippen molar-refractivity contribution in [1.82, 2.24) is 15.1 Å². The van der Waals surface area contributed by atoms with E-state index in [4.69, 9.17) is 9.47 Å². The average molecular weight is 687 g/mol. The van der Waals surface area contributed by atoms with Gasteiger partial charge in [0.05, 0.1) is 24.6 Å². The van der Waals surface area contributed by atoms with Crippen LogP contribution >= 0.6 is 15.9 Å². The SMILES string of the molecule is CCCCN1C/C=C\CCC(=O)N[C@H](C)[C@@H](c2ccccc2)OC(=O)[C@@H]2[C@H]3O[C@@]4(C=C3Br)[C@H](C1=O)N([C@@H](CO)C(C)C)C(=O)[C@@H]24. The van der Waals surface area contributed by atoms with E-state index < -0.39 is 59.6 Å². The molecule has 4 aliphatic rings. The number of aliphatic hydroxyl groups excluding tert-OH is 1. The second kappa shape index (κ2) is 13.8. The number of allylic oxidation sites excluding steroid dienone is 1. The summed E-state index contributed by atoms with van der Waals surface area (Å²) >= 11 is 3.59. The maximum absolute atomic E-state index is 14.7. The number of ether oxygens (including phenoxy) is 2. The number of benzene rings is 1. The Hall–Kier alpha value is -3.02. The van der Waals surface area contributed by atoms with Gasteiger partial charge in [0.15, 0.2) is 0 Å². The number of fused-ring (bicyclic) bond motifs is 2. The molecule has 5 bridgehead atoms. The number of likely N-dealkylation sites (tertiary alicyclic amines) is 1. The van der Waals surface area contributed by atoms with E-state index in [1.807, 2.05) is 63.3 Å². The zero-order valence-electron chi connectivity index (χ0n) is 26.4. The number of hydrogen-bond donors (Lipinski definition) is 2. The molecule has 1 aromatic carbocycles. The average Bonchev–Trinajstić information content (AvgIpc) is 3.60. The number of nitrogens with one attached hydrogen (secondary N) is 1. The van der Waals surface area contributed by atoms with E-state index in [9.17, 15) is 24.3 Å². The molecule has 8 atom stereocenters. The van der Waals surface area contributed by atoms with Gasteiger partial charge in [-0.25, -0.2) is 0 Å². The fourth-order valence-electron chi connectivity index (χ4n) is 7.24. The van der Waals surface area contributed by atoms with Gasteiger partial charge in [0.25, 0.3) is 0 Å². The molecule has 1 aromatic rings. The highest BCUT2D eigenvalue weighted by Crippen LogP contribution is 2.59. The lowest BCUT2D eigenvalue weighted by atomic mass is 9.74. The number of nitrogens with zero attached hydrogens (tertiary/aromatic N) is 2. The van der Waals surface area contributed by atoms with E-state index in [-0.39, 0.29) is 37.3 Å². The molecule has 0 radical (unpaired) electrons. The van der Waals surface area contributed by atoms with Crippen LogP contribution in [0.4, 0.5) is 0 Å². The van der Waals surface area contributed by atoms with Gasteiger partial charge >= 0.3 is 5.97 Å². The van der Waals surface area contributed by atoms with E-state index in [2.05, 4.69) is 21.2 Å². The minimum Gasteiger partial charge on any atom is -0.455 e. The summed E-state index contributed by atoms with van der Waals surface area (Å²) in [4.78, 5) is 59.6. The van der Waals surface area contributed by atoms with Gasteiger partial charge in [0.2, 0.25) is 17.7 Å². The second-order valence-electron chi connectivity index (χ2n) is 12.8. The first-order chi connectivity index (χ1) is 21.5. The van der Waals surface area contributed by atoms with Gasteiger partial charge < -0.3 is 29.7 Å². The van der Waals surface area contributed by atoms with Gasteiger partial charge in [0, 0.05) is 24.0 Å². The highest BCUT2D eigenvalue weighted by molar-refractivity contribution is 9.11. The molecule has 10 nitrogen and oxygen atoms in total. The van der Waals surface area contributed by atoms with E-state index in [1.165, 1.54) is 4.90 Å². The molecule has 2 saturated heterocycles. The molecule has 1 spiro atoms. The number of hydrogen-bond acceptors (Lipinski definition) is 7. The number of amides is 3. The molecule has 3 amide bonds. The molecule has 11 heteroatoms. The topological polar surface area (TPSA) is 125 Å². The molecule has 0 unspecified atom stereocenters. The zero-order valence-corrected chi connectivity index (χ0v) is 27.9. The van der Waals surface area contributed by atoms with Crippen molar-refractivity contribution >= 4 is 39.6 Å². The van der Waals surface area contributed by atoms with Crippen LogP contribution < -0.4 is 5.32 Å². The maximum atomic E-state index is 14.7. The first kappa shape index (κ1) is 33.3. The molecule has 45 heavy (non-hydrogen) atoms. The Morgan fingerprint density at radius 3 is 2.49 bits per heavy atom. The number of carbonyl (C=O) groups excluding carboxylic acids is 4. The summed E-state index contributed by atoms with van der Waals surface area (Å²) in [7, 11) is 0. The van der Waals surface area contributed by atoms with Crippen molar-refractivity contribution in [2.24, 2.45) is 17.8 Å². The Morgan fingerprint density at radius 2 is 1.82 bits per heavy atom. The monoisotopic (exact) mass is 685 g/mol. The van der Waals surface area contributed by atoms with Crippen molar-refractivity contribution in [3.8, 4) is 0 Å². The predicted molar refractivity (Wildman–Crippen MR) is 171 cm³/mol. The Morgan fingerprint density at radius 1 is 1.09 bits per heavy atom. The van der Waals surface area contributed by atoms with Crippen LogP contribution in [0.15, 0.2) is 53.0 Å². The molecule has 5 rings (SSSR count). The normalized spacial score (nSPS) is 33.6. The highest BCUT2D eigenvalue weighted by atomic mass is 79.9. The third-order valence-electron chi connectivity index (χ3n) is 9.52. The molecule has 2 fully saturated rings. The minimum atomic E-state index is -1.42.